The Bertz CT molecular complexity index is 1300. The zero-order valence-corrected chi connectivity index (χ0v) is 22.5. The van der Waals surface area contributed by atoms with Crippen LogP contribution in [0, 0.1) is 6.92 Å². The van der Waals surface area contributed by atoms with E-state index in [9.17, 15) is 9.59 Å². The summed E-state index contributed by atoms with van der Waals surface area (Å²) in [6, 6.07) is 11.0. The Balaban J connectivity index is 1.10. The van der Waals surface area contributed by atoms with Crippen LogP contribution < -0.4 is 19.5 Å². The summed E-state index contributed by atoms with van der Waals surface area (Å²) in [6.45, 7) is 4.00. The van der Waals surface area contributed by atoms with Crippen LogP contribution in [0.3, 0.4) is 0 Å². The first-order valence-electron chi connectivity index (χ1n) is 13.1. The van der Waals surface area contributed by atoms with Crippen molar-refractivity contribution in [1.29, 1.82) is 0 Å². The van der Waals surface area contributed by atoms with Gasteiger partial charge in [0.05, 0.1) is 44.9 Å². The third kappa shape index (κ3) is 7.07. The van der Waals surface area contributed by atoms with Gasteiger partial charge in [-0.1, -0.05) is 17.7 Å². The van der Waals surface area contributed by atoms with Gasteiger partial charge in [0.1, 0.15) is 36.9 Å². The predicted octanol–water partition coefficient (Wildman–Crippen LogP) is 2.08. The van der Waals surface area contributed by atoms with E-state index >= 15 is 0 Å². The van der Waals surface area contributed by atoms with Gasteiger partial charge in [-0.15, -0.1) is 0 Å². The molecule has 1 aromatic carbocycles. The van der Waals surface area contributed by atoms with Gasteiger partial charge in [0.25, 0.3) is 5.91 Å². The molecule has 2 aliphatic rings. The van der Waals surface area contributed by atoms with Crippen molar-refractivity contribution in [3.63, 3.8) is 0 Å². The van der Waals surface area contributed by atoms with E-state index in [2.05, 4.69) is 15.4 Å². The van der Waals surface area contributed by atoms with E-state index in [0.29, 0.717) is 50.1 Å². The largest absolute Gasteiger partial charge is 0.491 e. The number of aryl methyl sites for hydroxylation is 1. The number of morpholine rings is 1. The van der Waals surface area contributed by atoms with Crippen molar-refractivity contribution in [2.45, 2.75) is 38.1 Å². The van der Waals surface area contributed by atoms with Crippen molar-refractivity contribution >= 4 is 17.5 Å². The molecule has 4 heterocycles. The van der Waals surface area contributed by atoms with Gasteiger partial charge in [-0.05, 0) is 25.1 Å². The van der Waals surface area contributed by atoms with E-state index in [1.54, 1.807) is 29.4 Å². The third-order valence-electron chi connectivity index (χ3n) is 6.68. The SMILES string of the molecule is COc1cc(O[C@@H]2CO[C@@H](C(=O)Nc3cnn(CC(=O)N4CCOC[C@@H]4COc4ccc(C)cc4)c3)C2)ccn1. The average Bonchev–Trinajstić information content (AvgIpc) is 3.62. The molecule has 212 valence electrons. The van der Waals surface area contributed by atoms with Gasteiger partial charge in [0.2, 0.25) is 11.8 Å². The van der Waals surface area contributed by atoms with Crippen LogP contribution >= 0.6 is 0 Å². The molecule has 0 spiro atoms. The van der Waals surface area contributed by atoms with Gasteiger partial charge >= 0.3 is 0 Å². The van der Waals surface area contributed by atoms with E-state index in [1.807, 2.05) is 31.2 Å². The molecule has 0 saturated carbocycles. The number of methoxy groups -OCH3 is 1. The van der Waals surface area contributed by atoms with Gasteiger partial charge < -0.3 is 33.9 Å². The molecule has 1 N–H and O–H groups in total. The van der Waals surface area contributed by atoms with Crippen molar-refractivity contribution in [1.82, 2.24) is 19.7 Å². The van der Waals surface area contributed by atoms with Crippen LogP contribution in [0.4, 0.5) is 5.69 Å². The molecule has 2 aromatic heterocycles. The van der Waals surface area contributed by atoms with E-state index < -0.39 is 6.10 Å². The fraction of sp³-hybridized carbons (Fsp3) is 0.429. The molecule has 0 unspecified atom stereocenters. The average molecular weight is 552 g/mol. The van der Waals surface area contributed by atoms with Crippen molar-refractivity contribution in [2.75, 3.05) is 45.4 Å². The Morgan fingerprint density at radius 3 is 2.83 bits per heavy atom. The van der Waals surface area contributed by atoms with Crippen LogP contribution in [0.5, 0.6) is 17.4 Å². The summed E-state index contributed by atoms with van der Waals surface area (Å²) in [5, 5.41) is 7.07. The first-order chi connectivity index (χ1) is 19.5. The molecule has 2 amide bonds. The number of anilines is 1. The molecular formula is C28H33N5O7. The van der Waals surface area contributed by atoms with E-state index in [4.69, 9.17) is 23.7 Å². The Kier molecular flexibility index (Phi) is 8.77. The number of benzene rings is 1. The summed E-state index contributed by atoms with van der Waals surface area (Å²) in [5.74, 6) is 1.38. The smallest absolute Gasteiger partial charge is 0.253 e. The Labute approximate surface area is 232 Å². The number of carbonyl (C=O) groups is 2. The number of ether oxygens (including phenoxy) is 5. The van der Waals surface area contributed by atoms with E-state index in [0.717, 1.165) is 11.3 Å². The Morgan fingerprint density at radius 1 is 1.15 bits per heavy atom. The molecule has 2 aliphatic heterocycles. The summed E-state index contributed by atoms with van der Waals surface area (Å²) in [7, 11) is 1.53. The number of amides is 2. The number of rotatable bonds is 10. The molecule has 0 radical (unpaired) electrons. The van der Waals surface area contributed by atoms with Gasteiger partial charge in [-0.25, -0.2) is 4.98 Å². The van der Waals surface area contributed by atoms with Crippen molar-refractivity contribution in [3.05, 3.63) is 60.6 Å². The number of hydrogen-bond acceptors (Lipinski definition) is 9. The van der Waals surface area contributed by atoms with Crippen molar-refractivity contribution in [2.24, 2.45) is 0 Å². The highest BCUT2D eigenvalue weighted by Gasteiger charge is 2.33. The maximum Gasteiger partial charge on any atom is 0.253 e. The van der Waals surface area contributed by atoms with Crippen LogP contribution in [-0.4, -0.2) is 89.8 Å². The number of aromatic nitrogens is 3. The first kappa shape index (κ1) is 27.4. The van der Waals surface area contributed by atoms with Gasteiger partial charge in [0, 0.05) is 31.4 Å². The summed E-state index contributed by atoms with van der Waals surface area (Å²) in [5.41, 5.74) is 1.63. The van der Waals surface area contributed by atoms with Crippen LogP contribution in [0.2, 0.25) is 0 Å². The van der Waals surface area contributed by atoms with Crippen molar-refractivity contribution in [3.8, 4) is 17.4 Å². The monoisotopic (exact) mass is 551 g/mol. The minimum absolute atomic E-state index is 0.0299. The highest BCUT2D eigenvalue weighted by Crippen LogP contribution is 2.23. The lowest BCUT2D eigenvalue weighted by Gasteiger charge is -2.35. The van der Waals surface area contributed by atoms with Crippen LogP contribution in [0.25, 0.3) is 0 Å². The highest BCUT2D eigenvalue weighted by atomic mass is 16.6. The van der Waals surface area contributed by atoms with Crippen molar-refractivity contribution < 1.29 is 33.3 Å². The molecule has 12 heteroatoms. The third-order valence-corrected chi connectivity index (χ3v) is 6.68. The molecule has 0 aliphatic carbocycles. The Morgan fingerprint density at radius 2 is 2.00 bits per heavy atom. The number of nitrogens with zero attached hydrogens (tertiary/aromatic N) is 4. The van der Waals surface area contributed by atoms with Gasteiger partial charge in [-0.3, -0.25) is 14.3 Å². The fourth-order valence-electron chi connectivity index (χ4n) is 4.55. The molecule has 0 bridgehead atoms. The molecule has 5 rings (SSSR count). The maximum absolute atomic E-state index is 13.1. The number of nitrogens with one attached hydrogen (secondary N) is 1. The molecule has 3 atom stereocenters. The Hall–Kier alpha value is -4.16. The number of pyridine rings is 1. The van der Waals surface area contributed by atoms with E-state index in [1.165, 1.54) is 18.0 Å². The van der Waals surface area contributed by atoms with Gasteiger partial charge in [0.15, 0.2) is 0 Å². The molecule has 3 aromatic rings. The summed E-state index contributed by atoms with van der Waals surface area (Å²) in [4.78, 5) is 31.7. The van der Waals surface area contributed by atoms with Crippen LogP contribution in [0.1, 0.15) is 12.0 Å². The van der Waals surface area contributed by atoms with Crippen LogP contribution in [-0.2, 0) is 25.6 Å². The summed E-state index contributed by atoms with van der Waals surface area (Å²) >= 11 is 0. The predicted molar refractivity (Wildman–Crippen MR) is 143 cm³/mol. The maximum atomic E-state index is 13.1. The number of hydrogen-bond donors (Lipinski definition) is 1. The quantitative estimate of drug-likeness (QED) is 0.403. The standard InChI is InChI=1S/C28H33N5O7/c1-19-3-5-22(6-4-19)38-17-21-16-37-10-9-33(21)27(34)15-32-14-20(13-30-32)31-28(35)25-11-24(18-39-25)40-23-7-8-29-26(12-23)36-2/h3-8,12-14,21,24-25H,9-11,15-18H2,1-2H3,(H,31,35)/t21-,24+,25-/m1/s1. The number of carbonyl (C=O) groups excluding carboxylic acids is 2. The topological polar surface area (TPSA) is 126 Å². The lowest BCUT2D eigenvalue weighted by Crippen LogP contribution is -2.52. The normalized spacial score (nSPS) is 20.6. The highest BCUT2D eigenvalue weighted by molar-refractivity contribution is 5.94. The molecular weight excluding hydrogens is 518 g/mol. The minimum atomic E-state index is -0.665. The molecule has 2 saturated heterocycles. The zero-order valence-electron chi connectivity index (χ0n) is 22.5. The van der Waals surface area contributed by atoms with Gasteiger partial charge in [-0.2, -0.15) is 5.10 Å². The first-order valence-corrected chi connectivity index (χ1v) is 13.1. The summed E-state index contributed by atoms with van der Waals surface area (Å²) < 4.78 is 29.7. The van der Waals surface area contributed by atoms with E-state index in [-0.39, 0.29) is 37.1 Å². The molecule has 2 fully saturated rings. The molecule has 12 nitrogen and oxygen atoms in total. The lowest BCUT2D eigenvalue weighted by molar-refractivity contribution is -0.142. The fourth-order valence-corrected chi connectivity index (χ4v) is 4.55. The second-order valence-corrected chi connectivity index (χ2v) is 9.69. The second kappa shape index (κ2) is 12.8. The zero-order chi connectivity index (χ0) is 27.9. The second-order valence-electron chi connectivity index (χ2n) is 9.69. The minimum Gasteiger partial charge on any atom is -0.491 e. The van der Waals surface area contributed by atoms with Crippen LogP contribution in [0.15, 0.2) is 55.0 Å². The lowest BCUT2D eigenvalue weighted by atomic mass is 10.2. The summed E-state index contributed by atoms with van der Waals surface area (Å²) in [6.07, 6.45) is 4.18. The molecule has 40 heavy (non-hydrogen) atoms.